The van der Waals surface area contributed by atoms with Gasteiger partial charge in [-0.05, 0) is 70.6 Å². The van der Waals surface area contributed by atoms with Crippen molar-refractivity contribution in [2.75, 3.05) is 26.4 Å². The summed E-state index contributed by atoms with van der Waals surface area (Å²) in [6.45, 7) is 1.59. The van der Waals surface area contributed by atoms with Gasteiger partial charge in [0.25, 0.3) is 0 Å². The summed E-state index contributed by atoms with van der Waals surface area (Å²) in [6, 6.07) is -0.994. The number of amides is 1. The van der Waals surface area contributed by atoms with Crippen molar-refractivity contribution in [3.05, 3.63) is 72.9 Å². The number of rotatable bonds is 49. The van der Waals surface area contributed by atoms with Gasteiger partial charge < -0.3 is 89.9 Å². The Bertz CT molecular complexity index is 1850. The lowest BCUT2D eigenvalue weighted by molar-refractivity contribution is -0.379. The number of ether oxygens (including phenoxy) is 6. The quantitative estimate of drug-likeness (QED) is 0.0204. The Morgan fingerprint density at radius 3 is 1.30 bits per heavy atom. The van der Waals surface area contributed by atoms with Crippen LogP contribution in [-0.2, 0) is 33.2 Å². The summed E-state index contributed by atoms with van der Waals surface area (Å²) in [4.78, 5) is 13.4. The molecular weight excluding hydrogens is 1110 g/mol. The monoisotopic (exact) mass is 1220 g/mol. The summed E-state index contributed by atoms with van der Waals surface area (Å²) in [5.41, 5.74) is 0. The summed E-state index contributed by atoms with van der Waals surface area (Å²) < 4.78 is 34.3. The van der Waals surface area contributed by atoms with Crippen molar-refractivity contribution in [1.29, 1.82) is 0 Å². The number of aliphatic hydroxyl groups excluding tert-OH is 11. The molecule has 86 heavy (non-hydrogen) atoms. The van der Waals surface area contributed by atoms with Gasteiger partial charge >= 0.3 is 0 Å². The number of hydrogen-bond acceptors (Lipinski definition) is 18. The molecule has 3 aliphatic heterocycles. The first-order chi connectivity index (χ1) is 41.8. The van der Waals surface area contributed by atoms with E-state index in [-0.39, 0.29) is 18.9 Å². The number of hydrogen-bond donors (Lipinski definition) is 12. The summed E-state index contributed by atoms with van der Waals surface area (Å²) in [5, 5.41) is 120. The molecule has 3 heterocycles. The summed E-state index contributed by atoms with van der Waals surface area (Å²) in [5.74, 6) is -0.290. The highest BCUT2D eigenvalue weighted by molar-refractivity contribution is 5.76. The van der Waals surface area contributed by atoms with E-state index in [1.807, 2.05) is 6.08 Å². The number of unbranched alkanes of at least 4 members (excludes halogenated alkanes) is 23. The average Bonchev–Trinajstić information content (AvgIpc) is 3.70. The first-order valence-corrected chi connectivity index (χ1v) is 33.2. The Balaban J connectivity index is 1.45. The molecular formula is C67H117NO18. The molecule has 1 amide bonds. The fourth-order valence-electron chi connectivity index (χ4n) is 10.8. The lowest BCUT2D eigenvalue weighted by atomic mass is 9.96. The minimum Gasteiger partial charge on any atom is -0.394 e. The van der Waals surface area contributed by atoms with Crippen molar-refractivity contribution >= 4 is 5.91 Å². The lowest BCUT2D eigenvalue weighted by Gasteiger charge is -2.48. The minimum atomic E-state index is -1.98. The zero-order valence-corrected chi connectivity index (χ0v) is 52.3. The van der Waals surface area contributed by atoms with Crippen LogP contribution in [0.25, 0.3) is 0 Å². The van der Waals surface area contributed by atoms with Crippen molar-refractivity contribution in [2.24, 2.45) is 0 Å². The first kappa shape index (κ1) is 77.5. The van der Waals surface area contributed by atoms with Crippen molar-refractivity contribution in [2.45, 2.75) is 317 Å². The standard InChI is InChI=1S/C67H117NO18/c1-3-5-7-9-11-13-15-17-19-21-22-23-24-25-26-27-28-29-31-33-35-37-39-41-43-45-55(73)68-50(51(72)44-42-40-38-36-34-32-30-20-18-16-14-12-10-8-6-4-2)49-81-65-61(79)58(76)63(53(47-70)83-65)86-67-62(80)59(77)64(54(48-71)84-67)85-66-60(78)57(75)56(74)52(46-69)82-66/h5,7,11,13,17,19,22-23,34,36,42,44,50-54,56-67,69-72,74-80H,3-4,6,8-10,12,14-16,18,20-21,24-33,35,37-41,43,45-49H2,1-2H3,(H,68,73)/b7-5-,13-11-,19-17-,23-22-,36-34+,44-42+. The highest BCUT2D eigenvalue weighted by Crippen LogP contribution is 2.33. The van der Waals surface area contributed by atoms with Gasteiger partial charge in [-0.3, -0.25) is 4.79 Å². The number of carbonyl (C=O) groups excluding carboxylic acids is 1. The molecule has 0 aromatic rings. The maximum Gasteiger partial charge on any atom is 0.220 e. The molecule has 19 heteroatoms. The van der Waals surface area contributed by atoms with Crippen molar-refractivity contribution in [3.63, 3.8) is 0 Å². The van der Waals surface area contributed by atoms with Crippen molar-refractivity contribution < 1.29 is 89.4 Å². The highest BCUT2D eigenvalue weighted by Gasteiger charge is 2.53. The molecule has 0 aliphatic carbocycles. The molecule has 17 unspecified atom stereocenters. The van der Waals surface area contributed by atoms with E-state index in [1.54, 1.807) is 6.08 Å². The SMILES string of the molecule is CC/C=C\C/C=C\C/C=C\C/C=C\CCCCCCCCCCCCCCC(=O)NC(COC1OC(CO)C(OC2OC(CO)C(OC3OC(CO)C(O)C(O)C3O)C(O)C2O)C(O)C1O)C(O)/C=C/CC/C=C/CCCCCCCCCCCC. The van der Waals surface area contributed by atoms with Crippen LogP contribution in [0.4, 0.5) is 0 Å². The largest absolute Gasteiger partial charge is 0.394 e. The fourth-order valence-corrected chi connectivity index (χ4v) is 10.8. The van der Waals surface area contributed by atoms with Gasteiger partial charge in [-0.25, -0.2) is 0 Å². The van der Waals surface area contributed by atoms with Gasteiger partial charge in [0.05, 0.1) is 38.6 Å². The molecule has 3 rings (SSSR count). The Hall–Kier alpha value is -2.77. The summed E-state index contributed by atoms with van der Waals surface area (Å²) >= 11 is 0. The van der Waals surface area contributed by atoms with Crippen LogP contribution in [0, 0.1) is 0 Å². The van der Waals surface area contributed by atoms with Crippen molar-refractivity contribution in [3.8, 4) is 0 Å². The van der Waals surface area contributed by atoms with Gasteiger partial charge in [-0.2, -0.15) is 0 Å². The molecule has 0 aromatic heterocycles. The van der Waals surface area contributed by atoms with E-state index < -0.39 is 124 Å². The van der Waals surface area contributed by atoms with E-state index in [2.05, 4.69) is 79.9 Å². The zero-order valence-electron chi connectivity index (χ0n) is 52.3. The van der Waals surface area contributed by atoms with Crippen LogP contribution >= 0.6 is 0 Å². The van der Waals surface area contributed by atoms with Crippen LogP contribution in [0.3, 0.4) is 0 Å². The van der Waals surface area contributed by atoms with Crippen LogP contribution in [-0.4, -0.2) is 193 Å². The molecule has 19 nitrogen and oxygen atoms in total. The zero-order chi connectivity index (χ0) is 62.6. The Morgan fingerprint density at radius 1 is 0.430 bits per heavy atom. The molecule has 3 fully saturated rings. The van der Waals surface area contributed by atoms with Crippen LogP contribution < -0.4 is 5.32 Å². The summed E-state index contributed by atoms with van der Waals surface area (Å²) in [6.07, 6.45) is 33.0. The third kappa shape index (κ3) is 31.3. The smallest absolute Gasteiger partial charge is 0.220 e. The Kier molecular flexibility index (Phi) is 44.1. The second-order valence-corrected chi connectivity index (χ2v) is 23.5. The van der Waals surface area contributed by atoms with E-state index in [0.29, 0.717) is 12.8 Å². The Morgan fingerprint density at radius 2 is 0.814 bits per heavy atom. The van der Waals surface area contributed by atoms with E-state index in [9.17, 15) is 61.0 Å². The molecule has 3 aliphatic rings. The maximum absolute atomic E-state index is 13.4. The number of allylic oxidation sites excluding steroid dienone is 11. The fraction of sp³-hybridized carbons (Fsp3) is 0.806. The van der Waals surface area contributed by atoms with Gasteiger partial charge in [0.15, 0.2) is 18.9 Å². The molecule has 0 radical (unpaired) electrons. The molecule has 17 atom stereocenters. The van der Waals surface area contributed by atoms with E-state index in [1.165, 1.54) is 103 Å². The van der Waals surface area contributed by atoms with Gasteiger partial charge in [-0.15, -0.1) is 0 Å². The molecule has 0 bridgehead atoms. The van der Waals surface area contributed by atoms with Crippen LogP contribution in [0.5, 0.6) is 0 Å². The van der Waals surface area contributed by atoms with Crippen LogP contribution in [0.15, 0.2) is 72.9 Å². The molecule has 3 saturated heterocycles. The molecule has 0 spiro atoms. The molecule has 498 valence electrons. The second kappa shape index (κ2) is 49.0. The number of nitrogens with one attached hydrogen (secondary N) is 1. The minimum absolute atomic E-state index is 0.230. The van der Waals surface area contributed by atoms with Crippen molar-refractivity contribution in [1.82, 2.24) is 5.32 Å². The summed E-state index contributed by atoms with van der Waals surface area (Å²) in [7, 11) is 0. The normalized spacial score (nSPS) is 29.2. The van der Waals surface area contributed by atoms with E-state index in [0.717, 1.165) is 77.0 Å². The topological polar surface area (TPSA) is 307 Å². The van der Waals surface area contributed by atoms with Gasteiger partial charge in [-0.1, -0.05) is 209 Å². The first-order valence-electron chi connectivity index (χ1n) is 33.2. The lowest BCUT2D eigenvalue weighted by Crippen LogP contribution is -2.66. The van der Waals surface area contributed by atoms with Gasteiger partial charge in [0.2, 0.25) is 5.91 Å². The molecule has 0 saturated carbocycles. The Labute approximate surface area is 515 Å². The van der Waals surface area contributed by atoms with E-state index in [4.69, 9.17) is 28.4 Å². The maximum atomic E-state index is 13.4. The molecule has 0 aromatic carbocycles. The average molecular weight is 1220 g/mol. The third-order valence-corrected chi connectivity index (χ3v) is 16.2. The second-order valence-electron chi connectivity index (χ2n) is 23.5. The van der Waals surface area contributed by atoms with Crippen LogP contribution in [0.1, 0.15) is 213 Å². The third-order valence-electron chi connectivity index (χ3n) is 16.2. The predicted molar refractivity (Wildman–Crippen MR) is 332 cm³/mol. The highest BCUT2D eigenvalue weighted by atomic mass is 16.8. The predicted octanol–water partition coefficient (Wildman–Crippen LogP) is 7.77. The number of aliphatic hydroxyl groups is 11. The number of carbonyl (C=O) groups is 1. The van der Waals surface area contributed by atoms with Gasteiger partial charge in [0, 0.05) is 6.42 Å². The molecule has 12 N–H and O–H groups in total. The van der Waals surface area contributed by atoms with E-state index >= 15 is 0 Å². The van der Waals surface area contributed by atoms with Gasteiger partial charge in [0.1, 0.15) is 73.2 Å². The van der Waals surface area contributed by atoms with Crippen LogP contribution in [0.2, 0.25) is 0 Å².